The van der Waals surface area contributed by atoms with Gasteiger partial charge in [-0.15, -0.1) is 11.6 Å². The first-order valence-electron chi connectivity index (χ1n) is 4.31. The van der Waals surface area contributed by atoms with Crippen molar-refractivity contribution in [2.75, 3.05) is 5.88 Å². The van der Waals surface area contributed by atoms with Gasteiger partial charge in [0.25, 0.3) is 0 Å². The van der Waals surface area contributed by atoms with Crippen LogP contribution in [0.2, 0.25) is 0 Å². The maximum Gasteiger partial charge on any atom is 0.433 e. The molecule has 0 aliphatic carbocycles. The zero-order chi connectivity index (χ0) is 12.3. The Bertz CT molecular complexity index is 342. The van der Waals surface area contributed by atoms with Crippen molar-refractivity contribution in [2.24, 2.45) is 0 Å². The summed E-state index contributed by atoms with van der Waals surface area (Å²) in [5.41, 5.74) is -0.968. The highest BCUT2D eigenvalue weighted by Gasteiger charge is 2.32. The van der Waals surface area contributed by atoms with Gasteiger partial charge in [0.05, 0.1) is 12.0 Å². The van der Waals surface area contributed by atoms with Crippen molar-refractivity contribution in [1.82, 2.24) is 4.98 Å². The summed E-state index contributed by atoms with van der Waals surface area (Å²) in [6.07, 6.45) is -6.23. The minimum Gasteiger partial charge on any atom is -0.389 e. The molecule has 0 aliphatic rings. The molecule has 7 heteroatoms. The van der Waals surface area contributed by atoms with E-state index in [0.29, 0.717) is 0 Å². The molecular formula is C9H9ClF3NO2. The Hall–Kier alpha value is -0.850. The van der Waals surface area contributed by atoms with E-state index in [2.05, 4.69) is 4.98 Å². The highest BCUT2D eigenvalue weighted by atomic mass is 35.5. The number of alkyl halides is 4. The van der Waals surface area contributed by atoms with Crippen LogP contribution in [-0.4, -0.2) is 27.2 Å². The summed E-state index contributed by atoms with van der Waals surface area (Å²) in [6.45, 7) is 0. The van der Waals surface area contributed by atoms with Crippen LogP contribution in [0.15, 0.2) is 18.3 Å². The quantitative estimate of drug-likeness (QED) is 0.809. The van der Waals surface area contributed by atoms with Crippen LogP contribution in [0.4, 0.5) is 13.2 Å². The van der Waals surface area contributed by atoms with Crippen molar-refractivity contribution in [2.45, 2.75) is 18.4 Å². The van der Waals surface area contributed by atoms with Gasteiger partial charge < -0.3 is 10.2 Å². The summed E-state index contributed by atoms with van der Waals surface area (Å²) in [5, 5.41) is 18.6. The van der Waals surface area contributed by atoms with Crippen LogP contribution in [0.5, 0.6) is 0 Å². The molecule has 3 nitrogen and oxygen atoms in total. The summed E-state index contributed by atoms with van der Waals surface area (Å²) >= 11 is 5.29. The van der Waals surface area contributed by atoms with Gasteiger partial charge in [0.2, 0.25) is 0 Å². The highest BCUT2D eigenvalue weighted by Crippen LogP contribution is 2.28. The molecule has 1 rings (SSSR count). The van der Waals surface area contributed by atoms with Gasteiger partial charge in [-0.25, -0.2) is 0 Å². The Morgan fingerprint density at radius 2 is 1.94 bits per heavy atom. The number of rotatable bonds is 3. The van der Waals surface area contributed by atoms with E-state index in [4.69, 9.17) is 11.6 Å². The molecule has 0 amide bonds. The first kappa shape index (κ1) is 13.2. The minimum absolute atomic E-state index is 0.0844. The maximum absolute atomic E-state index is 12.1. The van der Waals surface area contributed by atoms with Gasteiger partial charge in [0, 0.05) is 11.8 Å². The third kappa shape index (κ3) is 3.07. The number of halogens is 4. The van der Waals surface area contributed by atoms with Crippen LogP contribution in [0.3, 0.4) is 0 Å². The SMILES string of the molecule is OC(CCl)C(O)c1ccc(C(F)(F)F)nc1. The Balaban J connectivity index is 2.87. The summed E-state index contributed by atoms with van der Waals surface area (Å²) in [7, 11) is 0. The molecule has 2 unspecified atom stereocenters. The van der Waals surface area contributed by atoms with Gasteiger partial charge in [-0.2, -0.15) is 13.2 Å². The summed E-state index contributed by atoms with van der Waals surface area (Å²) < 4.78 is 36.4. The van der Waals surface area contributed by atoms with Crippen LogP contribution in [-0.2, 0) is 6.18 Å². The normalized spacial score (nSPS) is 15.9. The van der Waals surface area contributed by atoms with Crippen LogP contribution >= 0.6 is 11.6 Å². The number of hydrogen-bond donors (Lipinski definition) is 2. The zero-order valence-electron chi connectivity index (χ0n) is 7.95. The zero-order valence-corrected chi connectivity index (χ0v) is 8.70. The van der Waals surface area contributed by atoms with Crippen molar-refractivity contribution in [3.8, 4) is 0 Å². The maximum atomic E-state index is 12.1. The van der Waals surface area contributed by atoms with Gasteiger partial charge in [0.1, 0.15) is 11.8 Å². The second-order valence-electron chi connectivity index (χ2n) is 3.14. The molecular weight excluding hydrogens is 247 g/mol. The molecule has 1 heterocycles. The number of aliphatic hydroxyl groups excluding tert-OH is 2. The van der Waals surface area contributed by atoms with E-state index < -0.39 is 24.1 Å². The van der Waals surface area contributed by atoms with Crippen LogP contribution in [0, 0.1) is 0 Å². The Morgan fingerprint density at radius 3 is 2.31 bits per heavy atom. The Labute approximate surface area is 94.5 Å². The number of aliphatic hydroxyl groups is 2. The third-order valence-corrected chi connectivity index (χ3v) is 2.26. The molecule has 0 saturated heterocycles. The second-order valence-corrected chi connectivity index (χ2v) is 3.45. The molecule has 2 atom stereocenters. The Morgan fingerprint density at radius 1 is 1.31 bits per heavy atom. The van der Waals surface area contributed by atoms with E-state index in [9.17, 15) is 23.4 Å². The minimum atomic E-state index is -4.52. The number of aromatic nitrogens is 1. The van der Waals surface area contributed by atoms with E-state index in [-0.39, 0.29) is 11.4 Å². The number of nitrogens with zero attached hydrogens (tertiary/aromatic N) is 1. The molecule has 90 valence electrons. The first-order valence-corrected chi connectivity index (χ1v) is 4.85. The van der Waals surface area contributed by atoms with Gasteiger partial charge >= 0.3 is 6.18 Å². The monoisotopic (exact) mass is 255 g/mol. The van der Waals surface area contributed by atoms with Gasteiger partial charge in [-0.1, -0.05) is 6.07 Å². The van der Waals surface area contributed by atoms with Crippen LogP contribution < -0.4 is 0 Å². The van der Waals surface area contributed by atoms with Crippen molar-refractivity contribution in [3.63, 3.8) is 0 Å². The fourth-order valence-electron chi connectivity index (χ4n) is 1.05. The van der Waals surface area contributed by atoms with Gasteiger partial charge in [-0.05, 0) is 6.07 Å². The van der Waals surface area contributed by atoms with Gasteiger partial charge in [-0.3, -0.25) is 4.98 Å². The second kappa shape index (κ2) is 4.99. The average Bonchev–Trinajstić information content (AvgIpc) is 2.26. The molecule has 1 aromatic heterocycles. The van der Waals surface area contributed by atoms with E-state index in [1.807, 2.05) is 0 Å². The average molecular weight is 256 g/mol. The van der Waals surface area contributed by atoms with Crippen molar-refractivity contribution < 1.29 is 23.4 Å². The lowest BCUT2D eigenvalue weighted by Gasteiger charge is -2.15. The van der Waals surface area contributed by atoms with Crippen LogP contribution in [0.25, 0.3) is 0 Å². The largest absolute Gasteiger partial charge is 0.433 e. The fraction of sp³-hybridized carbons (Fsp3) is 0.444. The third-order valence-electron chi connectivity index (χ3n) is 1.94. The lowest BCUT2D eigenvalue weighted by molar-refractivity contribution is -0.141. The molecule has 0 spiro atoms. The topological polar surface area (TPSA) is 53.4 Å². The molecule has 1 aromatic rings. The standard InChI is InChI=1S/C9H9ClF3NO2/c10-3-6(15)8(16)5-1-2-7(14-4-5)9(11,12)13/h1-2,4,6,8,15-16H,3H2. The molecule has 2 N–H and O–H groups in total. The number of hydrogen-bond acceptors (Lipinski definition) is 3. The van der Waals surface area contributed by atoms with Crippen molar-refractivity contribution >= 4 is 11.6 Å². The molecule has 0 aliphatic heterocycles. The fourth-order valence-corrected chi connectivity index (χ4v) is 1.22. The smallest absolute Gasteiger partial charge is 0.389 e. The molecule has 0 fully saturated rings. The molecule has 0 aromatic carbocycles. The molecule has 0 radical (unpaired) electrons. The summed E-state index contributed by atoms with van der Waals surface area (Å²) in [6, 6.07) is 1.79. The van der Waals surface area contributed by atoms with E-state index in [1.165, 1.54) is 0 Å². The van der Waals surface area contributed by atoms with E-state index in [1.54, 1.807) is 0 Å². The molecule has 0 bridgehead atoms. The predicted molar refractivity (Wildman–Crippen MR) is 50.9 cm³/mol. The Kier molecular flexibility index (Phi) is 4.12. The molecule has 0 saturated carbocycles. The molecule has 16 heavy (non-hydrogen) atoms. The first-order chi connectivity index (χ1) is 7.36. The highest BCUT2D eigenvalue weighted by molar-refractivity contribution is 6.18. The van der Waals surface area contributed by atoms with E-state index in [0.717, 1.165) is 18.3 Å². The predicted octanol–water partition coefficient (Wildman–Crippen LogP) is 1.73. The summed E-state index contributed by atoms with van der Waals surface area (Å²) in [5.74, 6) is -0.220. The van der Waals surface area contributed by atoms with Crippen LogP contribution in [0.1, 0.15) is 17.4 Å². The van der Waals surface area contributed by atoms with Gasteiger partial charge in [0.15, 0.2) is 0 Å². The lowest BCUT2D eigenvalue weighted by atomic mass is 10.1. The summed E-state index contributed by atoms with van der Waals surface area (Å²) in [4.78, 5) is 3.15. The lowest BCUT2D eigenvalue weighted by Crippen LogP contribution is -2.20. The van der Waals surface area contributed by atoms with Crippen molar-refractivity contribution in [1.29, 1.82) is 0 Å². The van der Waals surface area contributed by atoms with E-state index >= 15 is 0 Å². The number of pyridine rings is 1. The van der Waals surface area contributed by atoms with Crippen molar-refractivity contribution in [3.05, 3.63) is 29.6 Å².